The number of nitrogens with zero attached hydrogens (tertiary/aromatic N) is 2. The zero-order valence-corrected chi connectivity index (χ0v) is 14.1. The molecule has 2 aliphatic heterocycles. The lowest BCUT2D eigenvalue weighted by Gasteiger charge is -2.48. The first-order chi connectivity index (χ1) is 12.0. The highest BCUT2D eigenvalue weighted by Gasteiger charge is 2.46. The molecule has 1 aromatic carbocycles. The van der Waals surface area contributed by atoms with Crippen LogP contribution in [0.3, 0.4) is 0 Å². The quantitative estimate of drug-likeness (QED) is 0.905. The monoisotopic (exact) mass is 351 g/mol. The van der Waals surface area contributed by atoms with Crippen LogP contribution in [0.4, 0.5) is 8.78 Å². The number of halogens is 2. The first-order valence-electron chi connectivity index (χ1n) is 8.74. The lowest BCUT2D eigenvalue weighted by molar-refractivity contribution is -0.134. The molecule has 0 atom stereocenters. The Kier molecular flexibility index (Phi) is 5.03. The fourth-order valence-corrected chi connectivity index (χ4v) is 3.98. The van der Waals surface area contributed by atoms with E-state index in [-0.39, 0.29) is 19.0 Å². The van der Waals surface area contributed by atoms with Gasteiger partial charge in [0.1, 0.15) is 22.7 Å². The van der Waals surface area contributed by atoms with Gasteiger partial charge in [0, 0.05) is 13.1 Å². The van der Waals surface area contributed by atoms with Gasteiger partial charge in [0.25, 0.3) is 5.91 Å². The molecule has 2 saturated heterocycles. The van der Waals surface area contributed by atoms with Crippen molar-refractivity contribution < 1.29 is 18.4 Å². The molecule has 0 radical (unpaired) electrons. The lowest BCUT2D eigenvalue weighted by atomic mass is 9.83. The summed E-state index contributed by atoms with van der Waals surface area (Å²) in [5.74, 6) is -2.79. The first-order valence-corrected chi connectivity index (χ1v) is 8.74. The summed E-state index contributed by atoms with van der Waals surface area (Å²) in [4.78, 5) is 28.2. The third kappa shape index (κ3) is 3.25. The third-order valence-electron chi connectivity index (χ3n) is 5.47. The molecule has 7 heteroatoms. The van der Waals surface area contributed by atoms with Crippen LogP contribution >= 0.6 is 0 Å². The highest BCUT2D eigenvalue weighted by atomic mass is 19.1. The molecule has 0 saturated carbocycles. The minimum Gasteiger partial charge on any atom is -0.368 e. The van der Waals surface area contributed by atoms with E-state index in [0.717, 1.165) is 44.5 Å². The van der Waals surface area contributed by atoms with E-state index in [1.165, 1.54) is 11.0 Å². The Labute approximate surface area is 145 Å². The van der Waals surface area contributed by atoms with Gasteiger partial charge >= 0.3 is 0 Å². The minimum absolute atomic E-state index is 0.256. The van der Waals surface area contributed by atoms with E-state index < -0.39 is 28.6 Å². The number of nitrogens with two attached hydrogens (primary N) is 1. The Hall–Kier alpha value is -2.02. The number of likely N-dealkylation sites (tertiary alicyclic amines) is 2. The highest BCUT2D eigenvalue weighted by molar-refractivity contribution is 5.95. The fourth-order valence-electron chi connectivity index (χ4n) is 3.98. The summed E-state index contributed by atoms with van der Waals surface area (Å²) < 4.78 is 27.7. The van der Waals surface area contributed by atoms with E-state index >= 15 is 0 Å². The Morgan fingerprint density at radius 1 is 0.960 bits per heavy atom. The Morgan fingerprint density at radius 2 is 1.52 bits per heavy atom. The normalized spacial score (nSPS) is 21.1. The molecule has 5 nitrogen and oxygen atoms in total. The van der Waals surface area contributed by atoms with Crippen molar-refractivity contribution in [1.29, 1.82) is 0 Å². The second-order valence-corrected chi connectivity index (χ2v) is 6.83. The molecular formula is C18H23F2N3O2. The van der Waals surface area contributed by atoms with Crippen molar-refractivity contribution >= 4 is 11.8 Å². The van der Waals surface area contributed by atoms with E-state index in [1.54, 1.807) is 0 Å². The smallest absolute Gasteiger partial charge is 0.259 e. The van der Waals surface area contributed by atoms with Crippen LogP contribution in [-0.2, 0) is 4.79 Å². The maximum atomic E-state index is 13.9. The number of carbonyl (C=O) groups excluding carboxylic acids is 2. The molecular weight excluding hydrogens is 328 g/mol. The van der Waals surface area contributed by atoms with Gasteiger partial charge in [0.05, 0.1) is 0 Å². The SMILES string of the molecule is NC(=O)C1(N2CCCCC2)CCN(C(=O)c2c(F)cccc2F)CC1. The summed E-state index contributed by atoms with van der Waals surface area (Å²) in [6, 6.07) is 3.37. The average molecular weight is 351 g/mol. The van der Waals surface area contributed by atoms with Crippen molar-refractivity contribution in [3.05, 3.63) is 35.4 Å². The van der Waals surface area contributed by atoms with Crippen LogP contribution in [0, 0.1) is 11.6 Å². The molecule has 2 aliphatic rings. The van der Waals surface area contributed by atoms with Crippen molar-refractivity contribution in [2.75, 3.05) is 26.2 Å². The van der Waals surface area contributed by atoms with Gasteiger partial charge in [-0.2, -0.15) is 0 Å². The minimum atomic E-state index is -0.868. The molecule has 0 aliphatic carbocycles. The highest BCUT2D eigenvalue weighted by Crippen LogP contribution is 2.32. The van der Waals surface area contributed by atoms with Gasteiger partial charge < -0.3 is 10.6 Å². The van der Waals surface area contributed by atoms with Gasteiger partial charge in [-0.25, -0.2) is 8.78 Å². The lowest BCUT2D eigenvalue weighted by Crippen LogP contribution is -2.63. The number of amides is 2. The number of benzene rings is 1. The van der Waals surface area contributed by atoms with Gasteiger partial charge in [-0.05, 0) is 50.9 Å². The maximum Gasteiger partial charge on any atom is 0.259 e. The number of rotatable bonds is 3. The number of piperidine rings is 2. The van der Waals surface area contributed by atoms with Crippen molar-refractivity contribution in [2.24, 2.45) is 5.73 Å². The molecule has 2 amide bonds. The molecule has 0 unspecified atom stereocenters. The first kappa shape index (κ1) is 17.8. The standard InChI is InChI=1S/C18H23F2N3O2/c19-13-5-4-6-14(20)15(13)16(24)22-11-7-18(8-12-22,17(21)25)23-9-2-1-3-10-23/h4-6H,1-3,7-12H2,(H2,21,25). The van der Waals surface area contributed by atoms with E-state index in [9.17, 15) is 18.4 Å². The van der Waals surface area contributed by atoms with Gasteiger partial charge in [-0.1, -0.05) is 12.5 Å². The molecule has 2 heterocycles. The molecule has 0 bridgehead atoms. The topological polar surface area (TPSA) is 66.6 Å². The molecule has 2 fully saturated rings. The number of hydrogen-bond acceptors (Lipinski definition) is 3. The van der Waals surface area contributed by atoms with E-state index in [0.29, 0.717) is 12.8 Å². The fraction of sp³-hybridized carbons (Fsp3) is 0.556. The Bertz CT molecular complexity index is 646. The van der Waals surface area contributed by atoms with Crippen molar-refractivity contribution in [1.82, 2.24) is 9.80 Å². The Balaban J connectivity index is 1.75. The number of hydrogen-bond donors (Lipinski definition) is 1. The molecule has 0 aromatic heterocycles. The van der Waals surface area contributed by atoms with Crippen LogP contribution in [-0.4, -0.2) is 53.3 Å². The summed E-state index contributed by atoms with van der Waals surface area (Å²) in [5, 5.41) is 0. The van der Waals surface area contributed by atoms with Gasteiger partial charge in [-0.15, -0.1) is 0 Å². The van der Waals surface area contributed by atoms with Crippen LogP contribution in [0.2, 0.25) is 0 Å². The van der Waals surface area contributed by atoms with E-state index in [2.05, 4.69) is 4.90 Å². The molecule has 2 N–H and O–H groups in total. The zero-order chi connectivity index (χ0) is 18.0. The van der Waals surface area contributed by atoms with Gasteiger partial charge in [0.2, 0.25) is 5.91 Å². The van der Waals surface area contributed by atoms with E-state index in [4.69, 9.17) is 5.73 Å². The zero-order valence-electron chi connectivity index (χ0n) is 14.1. The van der Waals surface area contributed by atoms with Crippen LogP contribution in [0.5, 0.6) is 0 Å². The van der Waals surface area contributed by atoms with Crippen molar-refractivity contribution in [2.45, 2.75) is 37.6 Å². The van der Waals surface area contributed by atoms with Crippen LogP contribution < -0.4 is 5.73 Å². The molecule has 0 spiro atoms. The number of carbonyl (C=O) groups is 2. The second kappa shape index (κ2) is 7.07. The Morgan fingerprint density at radius 3 is 2.04 bits per heavy atom. The molecule has 136 valence electrons. The summed E-state index contributed by atoms with van der Waals surface area (Å²) in [6.07, 6.45) is 3.98. The van der Waals surface area contributed by atoms with Crippen molar-refractivity contribution in [3.63, 3.8) is 0 Å². The van der Waals surface area contributed by atoms with Crippen LogP contribution in [0.25, 0.3) is 0 Å². The van der Waals surface area contributed by atoms with Crippen LogP contribution in [0.15, 0.2) is 18.2 Å². The predicted molar refractivity (Wildman–Crippen MR) is 88.8 cm³/mol. The molecule has 25 heavy (non-hydrogen) atoms. The maximum absolute atomic E-state index is 13.9. The summed E-state index contributed by atoms with van der Waals surface area (Å²) in [5.41, 5.74) is 4.42. The third-order valence-corrected chi connectivity index (χ3v) is 5.47. The van der Waals surface area contributed by atoms with Gasteiger partial charge in [0.15, 0.2) is 0 Å². The molecule has 3 rings (SSSR count). The van der Waals surface area contributed by atoms with Crippen molar-refractivity contribution in [3.8, 4) is 0 Å². The summed E-state index contributed by atoms with van der Waals surface area (Å²) in [7, 11) is 0. The van der Waals surface area contributed by atoms with Gasteiger partial charge in [-0.3, -0.25) is 14.5 Å². The summed E-state index contributed by atoms with van der Waals surface area (Å²) in [6.45, 7) is 2.15. The summed E-state index contributed by atoms with van der Waals surface area (Å²) >= 11 is 0. The average Bonchev–Trinajstić information content (AvgIpc) is 2.62. The van der Waals surface area contributed by atoms with Crippen LogP contribution in [0.1, 0.15) is 42.5 Å². The largest absolute Gasteiger partial charge is 0.368 e. The molecule has 1 aromatic rings. The van der Waals surface area contributed by atoms with E-state index in [1.807, 2.05) is 0 Å². The second-order valence-electron chi connectivity index (χ2n) is 6.83. The predicted octanol–water partition coefficient (Wildman–Crippen LogP) is 1.91. The number of primary amides is 1.